The molecule has 1 aromatic heterocycles. The molecule has 7 nitrogen and oxygen atoms in total. The summed E-state index contributed by atoms with van der Waals surface area (Å²) in [5.41, 5.74) is -0.343. The van der Waals surface area contributed by atoms with Crippen molar-refractivity contribution < 1.29 is 9.72 Å². The Bertz CT molecular complexity index is 523. The van der Waals surface area contributed by atoms with Gasteiger partial charge in [0.25, 0.3) is 0 Å². The van der Waals surface area contributed by atoms with Crippen LogP contribution in [-0.2, 0) is 11.3 Å². The molecule has 0 fully saturated rings. The van der Waals surface area contributed by atoms with Crippen LogP contribution >= 0.6 is 0 Å². The Morgan fingerprint density at radius 3 is 3.00 bits per heavy atom. The van der Waals surface area contributed by atoms with Crippen molar-refractivity contribution in [1.82, 2.24) is 15.1 Å². The van der Waals surface area contributed by atoms with E-state index in [4.69, 9.17) is 0 Å². The van der Waals surface area contributed by atoms with E-state index in [1.807, 2.05) is 6.92 Å². The first-order valence-electron chi connectivity index (χ1n) is 6.11. The Kier molecular flexibility index (Phi) is 3.64. The molecule has 0 bridgehead atoms. The van der Waals surface area contributed by atoms with Gasteiger partial charge in [0.05, 0.1) is 4.92 Å². The summed E-state index contributed by atoms with van der Waals surface area (Å²) in [5, 5.41) is 17.3. The van der Waals surface area contributed by atoms with Crippen LogP contribution in [0, 0.1) is 10.1 Å². The molecule has 2 rings (SSSR count). The lowest BCUT2D eigenvalue weighted by atomic mass is 9.87. The predicted molar refractivity (Wildman–Crippen MR) is 68.4 cm³/mol. The smallest absolute Gasteiger partial charge is 0.307 e. The lowest BCUT2D eigenvalue weighted by molar-refractivity contribution is -0.385. The summed E-state index contributed by atoms with van der Waals surface area (Å²) in [5.74, 6) is -0.184. The van der Waals surface area contributed by atoms with Crippen molar-refractivity contribution >= 4 is 11.6 Å². The maximum absolute atomic E-state index is 11.9. The lowest BCUT2D eigenvalue weighted by Crippen LogP contribution is -2.47. The minimum atomic E-state index is -0.533. The zero-order valence-corrected chi connectivity index (χ0v) is 10.7. The number of amides is 1. The van der Waals surface area contributed by atoms with Crippen molar-refractivity contribution in [2.24, 2.45) is 0 Å². The number of aromatic nitrogens is 2. The second-order valence-electron chi connectivity index (χ2n) is 4.98. The van der Waals surface area contributed by atoms with Gasteiger partial charge in [0.2, 0.25) is 5.91 Å². The molecule has 102 valence electrons. The number of carbonyl (C=O) groups is 1. The molecule has 0 spiro atoms. The van der Waals surface area contributed by atoms with E-state index in [2.05, 4.69) is 22.6 Å². The molecule has 0 radical (unpaired) electrons. The molecular formula is C12H16N4O3. The second kappa shape index (κ2) is 5.21. The van der Waals surface area contributed by atoms with Gasteiger partial charge in [-0.05, 0) is 26.2 Å². The Labute approximate surface area is 110 Å². The largest absolute Gasteiger partial charge is 0.349 e. The molecule has 1 unspecified atom stereocenters. The predicted octanol–water partition coefficient (Wildman–Crippen LogP) is 1.41. The second-order valence-corrected chi connectivity index (χ2v) is 4.98. The lowest BCUT2D eigenvalue weighted by Gasteiger charge is -2.31. The Hall–Kier alpha value is -2.18. The molecule has 1 aromatic rings. The van der Waals surface area contributed by atoms with Crippen LogP contribution < -0.4 is 5.32 Å². The molecule has 19 heavy (non-hydrogen) atoms. The van der Waals surface area contributed by atoms with E-state index in [9.17, 15) is 14.9 Å². The van der Waals surface area contributed by atoms with E-state index in [1.54, 1.807) is 0 Å². The zero-order chi connectivity index (χ0) is 13.9. The molecule has 0 aliphatic heterocycles. The van der Waals surface area contributed by atoms with Crippen LogP contribution in [0.5, 0.6) is 0 Å². The molecule has 1 amide bonds. The first kappa shape index (κ1) is 13.3. The summed E-state index contributed by atoms with van der Waals surface area (Å²) in [4.78, 5) is 21.9. The van der Waals surface area contributed by atoms with Crippen LogP contribution in [0.25, 0.3) is 0 Å². The van der Waals surface area contributed by atoms with Gasteiger partial charge in [-0.3, -0.25) is 19.6 Å². The van der Waals surface area contributed by atoms with Gasteiger partial charge in [-0.2, -0.15) is 5.10 Å². The molecule has 7 heteroatoms. The summed E-state index contributed by atoms with van der Waals surface area (Å²) in [6.07, 6.45) is 9.20. The van der Waals surface area contributed by atoms with E-state index in [0.717, 1.165) is 25.5 Å². The third kappa shape index (κ3) is 3.40. The minimum absolute atomic E-state index is 0.00680. The monoisotopic (exact) mass is 264 g/mol. The Morgan fingerprint density at radius 2 is 2.42 bits per heavy atom. The van der Waals surface area contributed by atoms with Gasteiger partial charge in [-0.15, -0.1) is 0 Å². The highest BCUT2D eigenvalue weighted by Crippen LogP contribution is 2.22. The van der Waals surface area contributed by atoms with Crippen LogP contribution in [-0.4, -0.2) is 26.1 Å². The van der Waals surface area contributed by atoms with Gasteiger partial charge in [0, 0.05) is 5.54 Å². The standard InChI is InChI=1S/C12H16N4O3/c1-12(5-3-2-4-6-12)14-11(17)9-15-8-10(7-13-15)16(18)19/h2-3,7-8H,4-6,9H2,1H3,(H,14,17). The average molecular weight is 264 g/mol. The molecule has 0 aromatic carbocycles. The topological polar surface area (TPSA) is 90.1 Å². The van der Waals surface area contributed by atoms with Crippen LogP contribution in [0.15, 0.2) is 24.5 Å². The van der Waals surface area contributed by atoms with E-state index in [1.165, 1.54) is 10.9 Å². The van der Waals surface area contributed by atoms with Crippen LogP contribution in [0.1, 0.15) is 26.2 Å². The van der Waals surface area contributed by atoms with Crippen molar-refractivity contribution in [1.29, 1.82) is 0 Å². The highest BCUT2D eigenvalue weighted by molar-refractivity contribution is 5.76. The molecule has 1 atom stereocenters. The Balaban J connectivity index is 1.93. The van der Waals surface area contributed by atoms with Gasteiger partial charge < -0.3 is 5.32 Å². The number of allylic oxidation sites excluding steroid dienone is 1. The summed E-state index contributed by atoms with van der Waals surface area (Å²) in [6.45, 7) is 1.99. The van der Waals surface area contributed by atoms with E-state index in [-0.39, 0.29) is 23.7 Å². The maximum atomic E-state index is 11.9. The molecule has 0 saturated heterocycles. The average Bonchev–Trinajstić information content (AvgIpc) is 2.77. The Morgan fingerprint density at radius 1 is 1.63 bits per heavy atom. The summed E-state index contributed by atoms with van der Waals surface area (Å²) >= 11 is 0. The first-order valence-corrected chi connectivity index (χ1v) is 6.11. The third-order valence-electron chi connectivity index (χ3n) is 3.18. The normalized spacial score (nSPS) is 22.2. The van der Waals surface area contributed by atoms with E-state index >= 15 is 0 Å². The van der Waals surface area contributed by atoms with Crippen molar-refractivity contribution in [3.05, 3.63) is 34.7 Å². The zero-order valence-electron chi connectivity index (χ0n) is 10.7. The van der Waals surface area contributed by atoms with Crippen LogP contribution in [0.3, 0.4) is 0 Å². The number of hydrogen-bond donors (Lipinski definition) is 1. The van der Waals surface area contributed by atoms with Gasteiger partial charge in [-0.25, -0.2) is 0 Å². The van der Waals surface area contributed by atoms with E-state index in [0.29, 0.717) is 0 Å². The SMILES string of the molecule is CC1(NC(=O)Cn2cc([N+](=O)[O-])cn2)CC=CCC1. The molecule has 1 aliphatic rings. The summed E-state index contributed by atoms with van der Waals surface area (Å²) in [7, 11) is 0. The summed E-state index contributed by atoms with van der Waals surface area (Å²) < 4.78 is 1.27. The fourth-order valence-corrected chi connectivity index (χ4v) is 2.14. The fourth-order valence-electron chi connectivity index (χ4n) is 2.14. The minimum Gasteiger partial charge on any atom is -0.349 e. The fraction of sp³-hybridized carbons (Fsp3) is 0.500. The van der Waals surface area contributed by atoms with Crippen LogP contribution in [0.4, 0.5) is 5.69 Å². The van der Waals surface area contributed by atoms with Crippen molar-refractivity contribution in [3.8, 4) is 0 Å². The first-order chi connectivity index (χ1) is 8.98. The van der Waals surface area contributed by atoms with Gasteiger partial charge in [0.1, 0.15) is 18.9 Å². The van der Waals surface area contributed by atoms with Gasteiger partial charge in [0.15, 0.2) is 0 Å². The molecular weight excluding hydrogens is 248 g/mol. The van der Waals surface area contributed by atoms with Gasteiger partial charge >= 0.3 is 5.69 Å². The highest BCUT2D eigenvalue weighted by atomic mass is 16.6. The number of rotatable bonds is 4. The third-order valence-corrected chi connectivity index (χ3v) is 3.18. The number of nitrogens with zero attached hydrogens (tertiary/aromatic N) is 3. The highest BCUT2D eigenvalue weighted by Gasteiger charge is 2.26. The number of hydrogen-bond acceptors (Lipinski definition) is 4. The molecule has 0 saturated carbocycles. The van der Waals surface area contributed by atoms with Crippen molar-refractivity contribution in [2.45, 2.75) is 38.3 Å². The molecule has 1 heterocycles. The molecule has 1 N–H and O–H groups in total. The number of carbonyl (C=O) groups excluding carboxylic acids is 1. The van der Waals surface area contributed by atoms with Crippen molar-refractivity contribution in [2.75, 3.05) is 0 Å². The molecule has 1 aliphatic carbocycles. The quantitative estimate of drug-likeness (QED) is 0.505. The number of nitrogens with one attached hydrogen (secondary N) is 1. The van der Waals surface area contributed by atoms with Gasteiger partial charge in [-0.1, -0.05) is 12.2 Å². The van der Waals surface area contributed by atoms with Crippen LogP contribution in [0.2, 0.25) is 0 Å². The number of nitro groups is 1. The van der Waals surface area contributed by atoms with Crippen molar-refractivity contribution in [3.63, 3.8) is 0 Å². The summed E-state index contributed by atoms with van der Waals surface area (Å²) in [6, 6.07) is 0. The van der Waals surface area contributed by atoms with E-state index < -0.39 is 4.92 Å². The maximum Gasteiger partial charge on any atom is 0.307 e.